The molecule has 0 amide bonds. The number of aliphatic hydroxyl groups is 2. The normalized spacial score (nSPS) is 16.6. The number of hydrogen-bond acceptors (Lipinski definition) is 7. The predicted octanol–water partition coefficient (Wildman–Crippen LogP) is -3.81. The van der Waals surface area contributed by atoms with Crippen molar-refractivity contribution in [3.05, 3.63) is 0 Å². The SMILES string of the molecule is NC(O)(O)C(NS(=O)(=O)O)S(=O)(=O)O. The van der Waals surface area contributed by atoms with Gasteiger partial charge in [0.15, 0.2) is 0 Å². The summed E-state index contributed by atoms with van der Waals surface area (Å²) in [5.74, 6) is -3.58. The van der Waals surface area contributed by atoms with E-state index >= 15 is 0 Å². The summed E-state index contributed by atoms with van der Waals surface area (Å²) in [6.07, 6.45) is 0. The Morgan fingerprint density at radius 2 is 1.50 bits per heavy atom. The molecule has 0 aromatic heterocycles. The Kier molecular flexibility index (Phi) is 3.58. The molecule has 10 nitrogen and oxygen atoms in total. The highest BCUT2D eigenvalue weighted by atomic mass is 32.2. The van der Waals surface area contributed by atoms with E-state index in [4.69, 9.17) is 19.3 Å². The number of hydrogen-bond donors (Lipinski definition) is 6. The third kappa shape index (κ3) is 4.77. The van der Waals surface area contributed by atoms with Crippen LogP contribution in [0.3, 0.4) is 0 Å². The van der Waals surface area contributed by atoms with Crippen LogP contribution in [0.4, 0.5) is 0 Å². The van der Waals surface area contributed by atoms with Gasteiger partial charge in [-0.1, -0.05) is 0 Å². The van der Waals surface area contributed by atoms with Gasteiger partial charge < -0.3 is 10.2 Å². The van der Waals surface area contributed by atoms with Gasteiger partial charge in [-0.15, -0.1) is 0 Å². The first kappa shape index (κ1) is 13.7. The molecule has 1 unspecified atom stereocenters. The molecule has 14 heavy (non-hydrogen) atoms. The van der Waals surface area contributed by atoms with Crippen LogP contribution in [-0.2, 0) is 20.4 Å². The maximum Gasteiger partial charge on any atom is 0.334 e. The molecule has 0 aliphatic heterocycles. The Morgan fingerprint density at radius 1 is 1.14 bits per heavy atom. The Labute approximate surface area is 79.0 Å². The zero-order chi connectivity index (χ0) is 11.8. The second-order valence-corrected chi connectivity index (χ2v) is 4.96. The summed E-state index contributed by atoms with van der Waals surface area (Å²) in [6, 6.07) is 0. The summed E-state index contributed by atoms with van der Waals surface area (Å²) < 4.78 is 58.2. The summed E-state index contributed by atoms with van der Waals surface area (Å²) in [4.78, 5) is 0. The lowest BCUT2D eigenvalue weighted by atomic mass is 10.5. The van der Waals surface area contributed by atoms with Crippen LogP contribution >= 0.6 is 0 Å². The number of rotatable bonds is 4. The van der Waals surface area contributed by atoms with Crippen LogP contribution in [0.2, 0.25) is 0 Å². The van der Waals surface area contributed by atoms with Gasteiger partial charge in [0.05, 0.1) is 0 Å². The summed E-state index contributed by atoms with van der Waals surface area (Å²) in [6.45, 7) is 0. The lowest BCUT2D eigenvalue weighted by molar-refractivity contribution is -0.159. The molecule has 0 aromatic carbocycles. The maximum atomic E-state index is 10.4. The van der Waals surface area contributed by atoms with Gasteiger partial charge >= 0.3 is 10.3 Å². The third-order valence-corrected chi connectivity index (χ3v) is 2.68. The van der Waals surface area contributed by atoms with Crippen molar-refractivity contribution in [1.29, 1.82) is 0 Å². The highest BCUT2D eigenvalue weighted by Crippen LogP contribution is 2.06. The highest BCUT2D eigenvalue weighted by molar-refractivity contribution is 7.89. The molecule has 0 heterocycles. The molecule has 86 valence electrons. The molecule has 0 radical (unpaired) electrons. The van der Waals surface area contributed by atoms with Crippen LogP contribution < -0.4 is 10.5 Å². The first-order valence-electron chi connectivity index (χ1n) is 2.78. The Hall–Kier alpha value is -0.340. The molecule has 12 heteroatoms. The van der Waals surface area contributed by atoms with Crippen LogP contribution in [0, 0.1) is 0 Å². The Morgan fingerprint density at radius 3 is 1.57 bits per heavy atom. The minimum atomic E-state index is -5.23. The van der Waals surface area contributed by atoms with Gasteiger partial charge in [0.25, 0.3) is 16.0 Å². The van der Waals surface area contributed by atoms with E-state index in [0.717, 1.165) is 4.72 Å². The van der Waals surface area contributed by atoms with Crippen LogP contribution in [0.1, 0.15) is 0 Å². The molecule has 0 spiro atoms. The van der Waals surface area contributed by atoms with Gasteiger partial charge in [0.2, 0.25) is 5.37 Å². The Balaban J connectivity index is 5.18. The zero-order valence-electron chi connectivity index (χ0n) is 6.39. The molecule has 0 bridgehead atoms. The molecule has 0 aliphatic carbocycles. The molecule has 0 fully saturated rings. The summed E-state index contributed by atoms with van der Waals surface area (Å²) in [5, 5.41) is 14.2. The third-order valence-electron chi connectivity index (χ3n) is 0.940. The molecule has 7 N–H and O–H groups in total. The van der Waals surface area contributed by atoms with Crippen molar-refractivity contribution in [2.24, 2.45) is 5.73 Å². The van der Waals surface area contributed by atoms with Crippen molar-refractivity contribution in [1.82, 2.24) is 4.72 Å². The average molecular weight is 252 g/mol. The van der Waals surface area contributed by atoms with Crippen molar-refractivity contribution in [3.8, 4) is 0 Å². The second-order valence-electron chi connectivity index (χ2n) is 2.27. The number of nitrogens with two attached hydrogens (primary N) is 1. The van der Waals surface area contributed by atoms with Crippen molar-refractivity contribution in [3.63, 3.8) is 0 Å². The van der Waals surface area contributed by atoms with Gasteiger partial charge in [-0.3, -0.25) is 14.8 Å². The molecular weight excluding hydrogens is 244 g/mol. The lowest BCUT2D eigenvalue weighted by Crippen LogP contribution is -2.61. The molecule has 0 saturated carbocycles. The van der Waals surface area contributed by atoms with Crippen LogP contribution in [0.15, 0.2) is 0 Å². The largest absolute Gasteiger partial charge is 0.351 e. The molecule has 0 saturated heterocycles. The molecule has 0 aromatic rings. The zero-order valence-corrected chi connectivity index (χ0v) is 8.03. The van der Waals surface area contributed by atoms with Gasteiger partial charge in [0, 0.05) is 0 Å². The average Bonchev–Trinajstić information content (AvgIpc) is 1.75. The Bertz CT molecular complexity index is 388. The van der Waals surface area contributed by atoms with Gasteiger partial charge in [-0.2, -0.15) is 21.6 Å². The summed E-state index contributed by atoms with van der Waals surface area (Å²) in [7, 11) is -10.3. The quantitative estimate of drug-likeness (QED) is 0.215. The van der Waals surface area contributed by atoms with Gasteiger partial charge in [-0.25, -0.2) is 0 Å². The standard InChI is InChI=1S/C2H8N2O8S2/c3-2(5,6)1(13(7,8)9)4-14(10,11)12/h1,4-6H,3H2,(H,7,8,9)(H,10,11,12). The van der Waals surface area contributed by atoms with E-state index in [-0.39, 0.29) is 0 Å². The van der Waals surface area contributed by atoms with Crippen molar-refractivity contribution >= 4 is 20.4 Å². The van der Waals surface area contributed by atoms with Crippen molar-refractivity contribution < 1.29 is 36.2 Å². The van der Waals surface area contributed by atoms with E-state index in [9.17, 15) is 16.8 Å². The van der Waals surface area contributed by atoms with E-state index in [1.807, 2.05) is 0 Å². The first-order chi connectivity index (χ1) is 5.84. The van der Waals surface area contributed by atoms with E-state index in [1.54, 1.807) is 0 Å². The lowest BCUT2D eigenvalue weighted by Gasteiger charge is -2.23. The monoisotopic (exact) mass is 252 g/mol. The topological polar surface area (TPSA) is 187 Å². The highest BCUT2D eigenvalue weighted by Gasteiger charge is 2.43. The molecule has 0 rings (SSSR count). The minimum absolute atomic E-state index is 0.801. The fourth-order valence-electron chi connectivity index (χ4n) is 0.502. The fraction of sp³-hybridized carbons (Fsp3) is 1.00. The van der Waals surface area contributed by atoms with E-state index in [1.165, 1.54) is 0 Å². The van der Waals surface area contributed by atoms with E-state index in [0.29, 0.717) is 0 Å². The molecule has 1 atom stereocenters. The van der Waals surface area contributed by atoms with Gasteiger partial charge in [-0.05, 0) is 0 Å². The summed E-state index contributed by atoms with van der Waals surface area (Å²) >= 11 is 0. The fourth-order valence-corrected chi connectivity index (χ4v) is 2.24. The van der Waals surface area contributed by atoms with Crippen molar-refractivity contribution in [2.45, 2.75) is 11.3 Å². The number of nitrogens with one attached hydrogen (secondary N) is 1. The van der Waals surface area contributed by atoms with E-state index in [2.05, 4.69) is 5.73 Å². The van der Waals surface area contributed by atoms with Crippen molar-refractivity contribution in [2.75, 3.05) is 0 Å². The van der Waals surface area contributed by atoms with Crippen LogP contribution in [0.25, 0.3) is 0 Å². The van der Waals surface area contributed by atoms with Crippen LogP contribution in [-0.4, -0.2) is 47.4 Å². The smallest absolute Gasteiger partial charge is 0.334 e. The minimum Gasteiger partial charge on any atom is -0.351 e. The van der Waals surface area contributed by atoms with Crippen LogP contribution in [0.5, 0.6) is 0 Å². The molecule has 0 aliphatic rings. The summed E-state index contributed by atoms with van der Waals surface area (Å²) in [5.41, 5.74) is 4.41. The first-order valence-corrected chi connectivity index (χ1v) is 5.73. The second kappa shape index (κ2) is 3.67. The van der Waals surface area contributed by atoms with E-state index < -0.39 is 31.7 Å². The maximum absolute atomic E-state index is 10.4. The molecular formula is C2H8N2O8S2. The van der Waals surface area contributed by atoms with Gasteiger partial charge in [0.1, 0.15) is 0 Å². The predicted molar refractivity (Wildman–Crippen MR) is 41.4 cm³/mol.